The predicted molar refractivity (Wildman–Crippen MR) is 74.1 cm³/mol. The minimum atomic E-state index is -0.518. The molecule has 6 heteroatoms. The van der Waals surface area contributed by atoms with Gasteiger partial charge in [-0.25, -0.2) is 4.79 Å². The van der Waals surface area contributed by atoms with Crippen LogP contribution in [0.4, 0.5) is 0 Å². The summed E-state index contributed by atoms with van der Waals surface area (Å²) in [6, 6.07) is 7.20. The highest BCUT2D eigenvalue weighted by Crippen LogP contribution is 2.24. The zero-order valence-corrected chi connectivity index (χ0v) is 11.1. The number of rotatable bonds is 6. The summed E-state index contributed by atoms with van der Waals surface area (Å²) in [5.74, 6) is -0.409. The smallest absolute Gasteiger partial charge is 0.331 e. The van der Waals surface area contributed by atoms with E-state index in [9.17, 15) is 14.9 Å². The Labute approximate surface area is 115 Å². The number of hydrogen-bond donors (Lipinski definition) is 0. The van der Waals surface area contributed by atoms with E-state index in [4.69, 9.17) is 4.74 Å². The van der Waals surface area contributed by atoms with Crippen molar-refractivity contribution in [2.24, 2.45) is 0 Å². The highest BCUT2D eigenvalue weighted by Gasteiger charge is 2.00. The van der Waals surface area contributed by atoms with Crippen molar-refractivity contribution >= 4 is 23.8 Å². The van der Waals surface area contributed by atoms with Crippen molar-refractivity contribution in [3.63, 3.8) is 0 Å². The third-order valence-corrected chi connectivity index (χ3v) is 2.88. The summed E-state index contributed by atoms with van der Waals surface area (Å²) in [5, 5.41) is 11.9. The Hall–Kier alpha value is -2.08. The number of esters is 1. The molecule has 100 valence electrons. The summed E-state index contributed by atoms with van der Waals surface area (Å²) in [5.41, 5.74) is 0.720. The maximum absolute atomic E-state index is 11.1. The zero-order chi connectivity index (χ0) is 14.1. The molecule has 0 unspecified atom stereocenters. The van der Waals surface area contributed by atoms with Gasteiger partial charge in [0.05, 0.1) is 11.5 Å². The molecule has 0 bridgehead atoms. The predicted octanol–water partition coefficient (Wildman–Crippen LogP) is 3.10. The van der Waals surface area contributed by atoms with Crippen LogP contribution in [0.25, 0.3) is 6.08 Å². The van der Waals surface area contributed by atoms with Gasteiger partial charge in [0.1, 0.15) is 0 Å². The van der Waals surface area contributed by atoms with Crippen LogP contribution in [0.2, 0.25) is 0 Å². The number of nitrogens with zero attached hydrogens (tertiary/aromatic N) is 1. The van der Waals surface area contributed by atoms with Crippen molar-refractivity contribution in [1.82, 2.24) is 0 Å². The van der Waals surface area contributed by atoms with Gasteiger partial charge in [-0.05, 0) is 24.0 Å². The summed E-state index contributed by atoms with van der Waals surface area (Å²) in [6.45, 7) is 2.06. The fraction of sp³-hybridized carbons (Fsp3) is 0.154. The van der Waals surface area contributed by atoms with Gasteiger partial charge in [0.25, 0.3) is 0 Å². The van der Waals surface area contributed by atoms with E-state index in [1.165, 1.54) is 23.9 Å². The van der Waals surface area contributed by atoms with E-state index in [0.717, 1.165) is 16.7 Å². The first-order valence-electron chi connectivity index (χ1n) is 5.54. The van der Waals surface area contributed by atoms with Crippen LogP contribution in [0, 0.1) is 10.1 Å². The quantitative estimate of drug-likeness (QED) is 0.263. The van der Waals surface area contributed by atoms with Crippen molar-refractivity contribution < 1.29 is 14.5 Å². The Morgan fingerprint density at radius 1 is 1.47 bits per heavy atom. The van der Waals surface area contributed by atoms with Crippen molar-refractivity contribution in [2.75, 3.05) is 6.61 Å². The van der Waals surface area contributed by atoms with Crippen LogP contribution < -0.4 is 0 Å². The van der Waals surface area contributed by atoms with Gasteiger partial charge >= 0.3 is 5.97 Å². The third kappa shape index (κ3) is 5.87. The molecule has 0 atom stereocenters. The lowest BCUT2D eigenvalue weighted by molar-refractivity contribution is -0.400. The number of hydrogen-bond acceptors (Lipinski definition) is 5. The summed E-state index contributed by atoms with van der Waals surface area (Å²) >= 11 is 1.30. The molecule has 1 aromatic carbocycles. The first-order valence-corrected chi connectivity index (χ1v) is 6.42. The number of benzene rings is 1. The van der Waals surface area contributed by atoms with E-state index in [1.54, 1.807) is 24.5 Å². The largest absolute Gasteiger partial charge is 0.463 e. The highest BCUT2D eigenvalue weighted by atomic mass is 32.2. The molecule has 0 aliphatic carbocycles. The van der Waals surface area contributed by atoms with Crippen molar-refractivity contribution in [3.05, 3.63) is 57.6 Å². The van der Waals surface area contributed by atoms with Crippen LogP contribution in [0.1, 0.15) is 12.5 Å². The molecule has 0 radical (unpaired) electrons. The average Bonchev–Trinajstić information content (AvgIpc) is 2.38. The van der Waals surface area contributed by atoms with Crippen LogP contribution in [0.5, 0.6) is 0 Å². The summed E-state index contributed by atoms with van der Waals surface area (Å²) < 4.78 is 4.75. The number of nitro groups is 1. The molecule has 0 spiro atoms. The number of ether oxygens (including phenoxy) is 1. The van der Waals surface area contributed by atoms with Crippen LogP contribution in [-0.2, 0) is 9.53 Å². The number of thioether (sulfide) groups is 1. The van der Waals surface area contributed by atoms with E-state index in [1.807, 2.05) is 12.1 Å². The molecule has 1 rings (SSSR count). The van der Waals surface area contributed by atoms with Crippen molar-refractivity contribution in [2.45, 2.75) is 11.8 Å². The van der Waals surface area contributed by atoms with Gasteiger partial charge in [-0.1, -0.05) is 30.0 Å². The van der Waals surface area contributed by atoms with E-state index in [2.05, 4.69) is 0 Å². The Morgan fingerprint density at radius 2 is 2.21 bits per heavy atom. The van der Waals surface area contributed by atoms with E-state index in [-0.39, 0.29) is 0 Å². The normalized spacial score (nSPS) is 11.0. The zero-order valence-electron chi connectivity index (χ0n) is 10.3. The van der Waals surface area contributed by atoms with Gasteiger partial charge in [0, 0.05) is 17.0 Å². The molecule has 0 aliphatic rings. The summed E-state index contributed by atoms with van der Waals surface area (Å²) in [7, 11) is 0. The molecule has 0 N–H and O–H groups in total. The molecule has 0 amide bonds. The lowest BCUT2D eigenvalue weighted by atomic mass is 10.2. The first kappa shape index (κ1) is 15.0. The van der Waals surface area contributed by atoms with Crippen LogP contribution in [0.3, 0.4) is 0 Å². The SMILES string of the molecule is CCOC(=O)/C=C/Sc1ccccc1/C=C/[N+](=O)[O-]. The first-order chi connectivity index (χ1) is 9.13. The lowest BCUT2D eigenvalue weighted by Gasteiger charge is -2.01. The Kier molecular flexibility index (Phi) is 6.38. The van der Waals surface area contributed by atoms with Crippen molar-refractivity contribution in [3.8, 4) is 0 Å². The average molecular weight is 279 g/mol. The molecule has 1 aromatic rings. The second kappa shape index (κ2) is 8.10. The molecule has 5 nitrogen and oxygen atoms in total. The van der Waals surface area contributed by atoms with Crippen molar-refractivity contribution in [1.29, 1.82) is 0 Å². The maximum Gasteiger partial charge on any atom is 0.331 e. The molecular weight excluding hydrogens is 266 g/mol. The second-order valence-electron chi connectivity index (χ2n) is 3.31. The Bertz CT molecular complexity index is 511. The molecule has 0 aromatic heterocycles. The molecule has 19 heavy (non-hydrogen) atoms. The monoisotopic (exact) mass is 279 g/mol. The van der Waals surface area contributed by atoms with Gasteiger partial charge in [-0.15, -0.1) is 0 Å². The van der Waals surface area contributed by atoms with Gasteiger partial charge in [-0.3, -0.25) is 10.1 Å². The molecule has 0 fully saturated rings. The van der Waals surface area contributed by atoms with Gasteiger partial charge < -0.3 is 4.74 Å². The van der Waals surface area contributed by atoms with Gasteiger partial charge in [0.15, 0.2) is 0 Å². The van der Waals surface area contributed by atoms with E-state index >= 15 is 0 Å². The van der Waals surface area contributed by atoms with Crippen LogP contribution >= 0.6 is 11.8 Å². The standard InChI is InChI=1S/C13H13NO4S/c1-2-18-13(15)8-10-19-12-6-4-3-5-11(12)7-9-14(16)17/h3-10H,2H2,1H3/b9-7+,10-8+. The fourth-order valence-electron chi connectivity index (χ4n) is 1.22. The molecular formula is C13H13NO4S. The number of carbonyl (C=O) groups excluding carboxylic acids is 1. The minimum absolute atomic E-state index is 0.329. The Morgan fingerprint density at radius 3 is 2.89 bits per heavy atom. The maximum atomic E-state index is 11.1. The van der Waals surface area contributed by atoms with E-state index < -0.39 is 10.9 Å². The molecule has 0 aliphatic heterocycles. The number of carbonyl (C=O) groups is 1. The molecule has 0 saturated heterocycles. The minimum Gasteiger partial charge on any atom is -0.463 e. The summed E-state index contributed by atoms with van der Waals surface area (Å²) in [6.07, 6.45) is 3.62. The summed E-state index contributed by atoms with van der Waals surface area (Å²) in [4.78, 5) is 21.7. The Balaban J connectivity index is 2.73. The second-order valence-corrected chi connectivity index (χ2v) is 4.26. The van der Waals surface area contributed by atoms with Crippen LogP contribution in [0.15, 0.2) is 46.8 Å². The van der Waals surface area contributed by atoms with Crippen LogP contribution in [-0.4, -0.2) is 17.5 Å². The highest BCUT2D eigenvalue weighted by molar-refractivity contribution is 8.02. The van der Waals surface area contributed by atoms with Gasteiger partial charge in [-0.2, -0.15) is 0 Å². The van der Waals surface area contributed by atoms with Gasteiger partial charge in [0.2, 0.25) is 6.20 Å². The lowest BCUT2D eigenvalue weighted by Crippen LogP contribution is -1.98. The molecule has 0 heterocycles. The third-order valence-electron chi connectivity index (χ3n) is 1.98. The molecule has 0 saturated carbocycles. The fourth-order valence-corrected chi connectivity index (χ4v) is 1.98. The van der Waals surface area contributed by atoms with E-state index in [0.29, 0.717) is 6.61 Å². The topological polar surface area (TPSA) is 69.4 Å².